The number of ether oxygens (including phenoxy) is 1. The Kier molecular flexibility index (Phi) is 14.2. The minimum absolute atomic E-state index is 0.0608. The van der Waals surface area contributed by atoms with Crippen LogP contribution in [0.15, 0.2) is 122 Å². The van der Waals surface area contributed by atoms with Crippen LogP contribution in [-0.4, -0.2) is 55.9 Å². The lowest BCUT2D eigenvalue weighted by molar-refractivity contribution is -0.137. The number of primary amides is 2. The van der Waals surface area contributed by atoms with Gasteiger partial charge in [0.05, 0.1) is 36.2 Å². The van der Waals surface area contributed by atoms with Crippen molar-refractivity contribution in [1.29, 1.82) is 0 Å². The predicted molar refractivity (Wildman–Crippen MR) is 237 cm³/mol. The fraction of sp³-hybridized carbons (Fsp3) is 0.224. The Labute approximate surface area is 354 Å². The summed E-state index contributed by atoms with van der Waals surface area (Å²) in [4.78, 5) is 45.3. The third kappa shape index (κ3) is 10.6. The van der Waals surface area contributed by atoms with Crippen molar-refractivity contribution in [2.24, 2.45) is 11.5 Å². The molecule has 12 heteroatoms. The van der Waals surface area contributed by atoms with Crippen LogP contribution in [0.25, 0.3) is 22.2 Å². The first-order chi connectivity index (χ1) is 29.4. The molecule has 61 heavy (non-hydrogen) atoms. The maximum atomic E-state index is 12.0. The van der Waals surface area contributed by atoms with E-state index in [1.165, 1.54) is 11.1 Å². The highest BCUT2D eigenvalue weighted by Gasteiger charge is 2.22. The highest BCUT2D eigenvalue weighted by atomic mass is 16.5. The second-order valence-electron chi connectivity index (χ2n) is 14.8. The van der Waals surface area contributed by atoms with Gasteiger partial charge in [0.2, 0.25) is 11.8 Å². The Hall–Kier alpha value is -7.34. The molecule has 4 heterocycles. The van der Waals surface area contributed by atoms with Gasteiger partial charge in [0.25, 0.3) is 0 Å². The molecular formula is C49H51N5O7. The van der Waals surface area contributed by atoms with Crippen LogP contribution in [0.4, 0.5) is 5.69 Å². The summed E-state index contributed by atoms with van der Waals surface area (Å²) >= 11 is 0. The lowest BCUT2D eigenvalue weighted by Gasteiger charge is -2.12. The summed E-state index contributed by atoms with van der Waals surface area (Å²) in [6.07, 6.45) is 6.81. The molecule has 0 radical (unpaired) electrons. The second kappa shape index (κ2) is 20.1. The number of carboxylic acids is 2. The van der Waals surface area contributed by atoms with Crippen molar-refractivity contribution in [2.45, 2.75) is 58.8 Å². The number of benzene rings is 3. The zero-order valence-electron chi connectivity index (χ0n) is 34.4. The van der Waals surface area contributed by atoms with Crippen LogP contribution in [0.5, 0.6) is 5.75 Å². The van der Waals surface area contributed by atoms with Crippen LogP contribution in [0.3, 0.4) is 0 Å². The zero-order valence-corrected chi connectivity index (χ0v) is 34.4. The number of carbonyl (C=O) groups excluding carboxylic acids is 2. The first-order valence-corrected chi connectivity index (χ1v) is 20.2. The van der Waals surface area contributed by atoms with Crippen LogP contribution in [0.1, 0.15) is 64.5 Å². The van der Waals surface area contributed by atoms with Gasteiger partial charge in [-0.05, 0) is 82.5 Å². The van der Waals surface area contributed by atoms with Crippen molar-refractivity contribution in [1.82, 2.24) is 8.80 Å². The van der Waals surface area contributed by atoms with E-state index in [9.17, 15) is 19.2 Å². The number of amides is 2. The SMILES string of the molecule is CCc1c(CC(N)=O)c2cc(OCCCC(=O)O)ccn2c1Cc1ccccc1-c1ccccc1.Cc1c(CC(N)=O)c2c(NCC(=O)O)cccn2c1Cc1ccccc1. The van der Waals surface area contributed by atoms with Gasteiger partial charge in [0.15, 0.2) is 0 Å². The molecule has 4 aromatic heterocycles. The molecule has 7 rings (SSSR count). The number of aliphatic carboxylic acids is 2. The van der Waals surface area contributed by atoms with Gasteiger partial charge in [-0.2, -0.15) is 0 Å². The molecule has 3 aromatic carbocycles. The molecule has 0 fully saturated rings. The summed E-state index contributed by atoms with van der Waals surface area (Å²) in [6.45, 7) is 4.18. The molecule has 0 saturated carbocycles. The van der Waals surface area contributed by atoms with E-state index < -0.39 is 17.8 Å². The van der Waals surface area contributed by atoms with E-state index in [0.29, 0.717) is 37.3 Å². The summed E-state index contributed by atoms with van der Waals surface area (Å²) in [5.41, 5.74) is 24.2. The number of nitrogens with two attached hydrogens (primary N) is 2. The maximum Gasteiger partial charge on any atom is 0.322 e. The van der Waals surface area contributed by atoms with Crippen molar-refractivity contribution < 1.29 is 34.1 Å². The van der Waals surface area contributed by atoms with Crippen molar-refractivity contribution >= 4 is 40.5 Å². The number of carbonyl (C=O) groups is 4. The molecule has 0 aliphatic rings. The van der Waals surface area contributed by atoms with Gasteiger partial charge < -0.3 is 40.5 Å². The van der Waals surface area contributed by atoms with Crippen LogP contribution in [0, 0.1) is 6.92 Å². The monoisotopic (exact) mass is 821 g/mol. The number of fused-ring (bicyclic) bond motifs is 2. The topological polar surface area (TPSA) is 191 Å². The maximum absolute atomic E-state index is 12.0. The normalized spacial score (nSPS) is 10.9. The van der Waals surface area contributed by atoms with Gasteiger partial charge in [-0.15, -0.1) is 0 Å². The standard InChI is InChI=1S/C29H30N2O4.C20H21N3O3/c1-2-23-25(19-28(30)32)27-18-22(35-16-8-13-29(33)34)14-15-31(27)26(23)17-21-11-6-7-12-24(21)20-9-4-3-5-10-20;1-13-15(11-18(21)24)20-16(22-12-19(25)26)8-5-9-23(20)17(13)10-14-6-3-2-4-7-14/h3-7,9-12,14-15,18H,2,8,13,16-17,19H2,1H3,(H2,30,32)(H,33,34);2-9,22H,10-12H2,1H3,(H2,21,24)(H,25,26). The number of rotatable bonds is 18. The lowest BCUT2D eigenvalue weighted by atomic mass is 9.94. The molecule has 0 aliphatic carbocycles. The third-order valence-electron chi connectivity index (χ3n) is 10.7. The molecule has 12 nitrogen and oxygen atoms in total. The molecule has 314 valence electrons. The average Bonchev–Trinajstić information content (AvgIpc) is 3.67. The van der Waals surface area contributed by atoms with Crippen LogP contribution in [-0.2, 0) is 51.3 Å². The van der Waals surface area contributed by atoms with Gasteiger partial charge in [0.1, 0.15) is 12.3 Å². The molecule has 0 aliphatic heterocycles. The summed E-state index contributed by atoms with van der Waals surface area (Å²) in [5.74, 6) is -1.94. The predicted octanol–water partition coefficient (Wildman–Crippen LogP) is 7.39. The van der Waals surface area contributed by atoms with E-state index in [-0.39, 0.29) is 31.7 Å². The quantitative estimate of drug-likeness (QED) is 0.0554. The van der Waals surface area contributed by atoms with Crippen molar-refractivity contribution in [3.05, 3.63) is 166 Å². The Morgan fingerprint density at radius 1 is 0.705 bits per heavy atom. The van der Waals surface area contributed by atoms with Crippen LogP contribution >= 0.6 is 0 Å². The summed E-state index contributed by atoms with van der Waals surface area (Å²) in [6, 6.07) is 36.3. The van der Waals surface area contributed by atoms with Gasteiger partial charge in [0, 0.05) is 49.1 Å². The van der Waals surface area contributed by atoms with Crippen molar-refractivity contribution in [3.8, 4) is 16.9 Å². The largest absolute Gasteiger partial charge is 0.493 e. The number of pyridine rings is 2. The molecule has 2 amide bonds. The van der Waals surface area contributed by atoms with Crippen LogP contribution < -0.4 is 21.5 Å². The van der Waals surface area contributed by atoms with E-state index in [1.807, 2.05) is 84.4 Å². The molecule has 0 atom stereocenters. The fourth-order valence-electron chi connectivity index (χ4n) is 7.95. The molecule has 7 aromatic rings. The molecule has 0 spiro atoms. The van der Waals surface area contributed by atoms with Crippen LogP contribution in [0.2, 0.25) is 0 Å². The second-order valence-corrected chi connectivity index (χ2v) is 14.8. The van der Waals surface area contributed by atoms with Gasteiger partial charge in [-0.3, -0.25) is 19.2 Å². The van der Waals surface area contributed by atoms with Gasteiger partial charge in [-0.25, -0.2) is 0 Å². The Morgan fingerprint density at radius 2 is 1.38 bits per heavy atom. The van der Waals surface area contributed by atoms with Gasteiger partial charge in [-0.1, -0.05) is 91.9 Å². The summed E-state index contributed by atoms with van der Waals surface area (Å²) in [7, 11) is 0. The first kappa shape index (κ1) is 43.2. The number of carboxylic acid groups (broad SMARTS) is 2. The molecule has 0 unspecified atom stereocenters. The number of hydrogen-bond acceptors (Lipinski definition) is 6. The van der Waals surface area contributed by atoms with E-state index in [4.69, 9.17) is 26.4 Å². The summed E-state index contributed by atoms with van der Waals surface area (Å²) in [5, 5.41) is 20.7. The molecule has 0 bridgehead atoms. The Morgan fingerprint density at radius 3 is 2.05 bits per heavy atom. The Bertz CT molecular complexity index is 2670. The minimum atomic E-state index is -0.948. The summed E-state index contributed by atoms with van der Waals surface area (Å²) < 4.78 is 9.96. The molecule has 0 saturated heterocycles. The average molecular weight is 822 g/mol. The highest BCUT2D eigenvalue weighted by Crippen LogP contribution is 2.33. The van der Waals surface area contributed by atoms with Crippen molar-refractivity contribution in [3.63, 3.8) is 0 Å². The fourth-order valence-corrected chi connectivity index (χ4v) is 7.95. The highest BCUT2D eigenvalue weighted by molar-refractivity contribution is 5.87. The third-order valence-corrected chi connectivity index (χ3v) is 10.7. The number of nitrogens with one attached hydrogen (secondary N) is 1. The van der Waals surface area contributed by atoms with E-state index in [0.717, 1.165) is 62.2 Å². The van der Waals surface area contributed by atoms with E-state index in [1.54, 1.807) is 0 Å². The minimum Gasteiger partial charge on any atom is -0.493 e. The zero-order chi connectivity index (χ0) is 43.5. The lowest BCUT2D eigenvalue weighted by Crippen LogP contribution is -2.15. The number of anilines is 1. The number of nitrogens with zero attached hydrogens (tertiary/aromatic N) is 2. The first-order valence-electron chi connectivity index (χ1n) is 20.2. The molecule has 7 N–H and O–H groups in total. The van der Waals surface area contributed by atoms with E-state index in [2.05, 4.69) is 65.2 Å². The van der Waals surface area contributed by atoms with Crippen molar-refractivity contribution in [2.75, 3.05) is 18.5 Å². The number of aromatic nitrogens is 2. The Balaban J connectivity index is 0.000000213. The smallest absolute Gasteiger partial charge is 0.322 e. The number of hydrogen-bond donors (Lipinski definition) is 5. The molecular weight excluding hydrogens is 771 g/mol. The van der Waals surface area contributed by atoms with Gasteiger partial charge >= 0.3 is 11.9 Å². The van der Waals surface area contributed by atoms with E-state index >= 15 is 0 Å².